The van der Waals surface area contributed by atoms with Crippen LogP contribution in [0, 0.1) is 30.5 Å². The molecule has 0 atom stereocenters. The molecule has 0 aliphatic heterocycles. The summed E-state index contributed by atoms with van der Waals surface area (Å²) in [7, 11) is 0. The topological polar surface area (TPSA) is 15.8 Å². The van der Waals surface area contributed by atoms with E-state index in [1.54, 1.807) is 12.1 Å². The number of H-pyrrole nitrogens is 1. The Labute approximate surface area is 124 Å². The lowest BCUT2D eigenvalue weighted by Gasteiger charge is -2.56. The van der Waals surface area contributed by atoms with Crippen LogP contribution in [0.25, 0.3) is 10.9 Å². The zero-order valence-corrected chi connectivity index (χ0v) is 12.6. The largest absolute Gasteiger partial charge is 0.358 e. The summed E-state index contributed by atoms with van der Waals surface area (Å²) >= 11 is 0. The highest BCUT2D eigenvalue weighted by molar-refractivity contribution is 5.85. The van der Waals surface area contributed by atoms with Crippen LogP contribution in [0.15, 0.2) is 18.2 Å². The van der Waals surface area contributed by atoms with E-state index in [1.807, 2.05) is 6.07 Å². The Balaban J connectivity index is 1.68. The summed E-state index contributed by atoms with van der Waals surface area (Å²) in [5.74, 6) is 2.71. The molecule has 2 heteroatoms. The van der Waals surface area contributed by atoms with Gasteiger partial charge in [-0.15, -0.1) is 0 Å². The first-order valence-electron chi connectivity index (χ1n) is 8.41. The summed E-state index contributed by atoms with van der Waals surface area (Å²) in [4.78, 5) is 3.68. The van der Waals surface area contributed by atoms with E-state index < -0.39 is 0 Å². The van der Waals surface area contributed by atoms with Gasteiger partial charge in [0.2, 0.25) is 0 Å². The molecule has 110 valence electrons. The van der Waals surface area contributed by atoms with Crippen molar-refractivity contribution in [2.24, 2.45) is 17.8 Å². The highest BCUT2D eigenvalue weighted by Crippen LogP contribution is 2.61. The number of rotatable bonds is 1. The highest BCUT2D eigenvalue weighted by Gasteiger charge is 2.52. The van der Waals surface area contributed by atoms with Crippen molar-refractivity contribution in [3.05, 3.63) is 35.3 Å². The van der Waals surface area contributed by atoms with Crippen LogP contribution in [0.5, 0.6) is 0 Å². The van der Waals surface area contributed by atoms with Gasteiger partial charge in [0.25, 0.3) is 0 Å². The van der Waals surface area contributed by atoms with Gasteiger partial charge >= 0.3 is 0 Å². The van der Waals surface area contributed by atoms with Gasteiger partial charge < -0.3 is 4.98 Å². The number of benzene rings is 1. The van der Waals surface area contributed by atoms with E-state index in [0.717, 1.165) is 28.7 Å². The molecule has 4 fully saturated rings. The number of nitrogens with one attached hydrogen (secondary N) is 1. The van der Waals surface area contributed by atoms with Gasteiger partial charge in [0.05, 0.1) is 0 Å². The third-order valence-electron chi connectivity index (χ3n) is 6.59. The maximum absolute atomic E-state index is 13.6. The molecule has 0 radical (unpaired) electrons. The van der Waals surface area contributed by atoms with Crippen molar-refractivity contribution in [2.45, 2.75) is 50.9 Å². The predicted molar refractivity (Wildman–Crippen MR) is 82.8 cm³/mol. The Morgan fingerprint density at radius 2 is 1.67 bits per heavy atom. The fourth-order valence-corrected chi connectivity index (χ4v) is 6.25. The summed E-state index contributed by atoms with van der Waals surface area (Å²) < 4.78 is 13.6. The van der Waals surface area contributed by atoms with Gasteiger partial charge in [-0.3, -0.25) is 0 Å². The molecule has 1 heterocycles. The lowest BCUT2D eigenvalue weighted by Crippen LogP contribution is -2.49. The van der Waals surface area contributed by atoms with Crippen LogP contribution < -0.4 is 0 Å². The van der Waals surface area contributed by atoms with Gasteiger partial charge in [0.15, 0.2) is 0 Å². The van der Waals surface area contributed by atoms with Crippen molar-refractivity contribution < 1.29 is 4.39 Å². The van der Waals surface area contributed by atoms with Gasteiger partial charge in [0.1, 0.15) is 5.82 Å². The zero-order chi connectivity index (χ0) is 14.2. The number of fused-ring (bicyclic) bond motifs is 1. The fourth-order valence-electron chi connectivity index (χ4n) is 6.25. The lowest BCUT2D eigenvalue weighted by molar-refractivity contribution is -0.00714. The van der Waals surface area contributed by atoms with Crippen LogP contribution in [-0.4, -0.2) is 4.98 Å². The van der Waals surface area contributed by atoms with Crippen LogP contribution in [-0.2, 0) is 5.41 Å². The van der Waals surface area contributed by atoms with Gasteiger partial charge in [-0.25, -0.2) is 4.39 Å². The molecule has 1 aromatic heterocycles. The number of hydrogen-bond acceptors (Lipinski definition) is 0. The predicted octanol–water partition coefficient (Wildman–Crippen LogP) is 5.08. The number of aromatic amines is 1. The van der Waals surface area contributed by atoms with E-state index in [9.17, 15) is 4.39 Å². The molecule has 4 aliphatic carbocycles. The first kappa shape index (κ1) is 12.3. The summed E-state index contributed by atoms with van der Waals surface area (Å²) in [6.07, 6.45) is 8.47. The van der Waals surface area contributed by atoms with Gasteiger partial charge in [-0.1, -0.05) is 0 Å². The van der Waals surface area contributed by atoms with Crippen molar-refractivity contribution in [3.63, 3.8) is 0 Å². The van der Waals surface area contributed by atoms with Crippen molar-refractivity contribution in [2.75, 3.05) is 0 Å². The Bertz CT molecular complexity index is 691. The molecular weight excluding hydrogens is 261 g/mol. The summed E-state index contributed by atoms with van der Waals surface area (Å²) in [6, 6.07) is 5.18. The maximum Gasteiger partial charge on any atom is 0.123 e. The molecule has 4 bridgehead atoms. The normalized spacial score (nSPS) is 37.5. The number of aryl methyl sites for hydroxylation is 1. The minimum absolute atomic E-state index is 0.123. The van der Waals surface area contributed by atoms with Gasteiger partial charge in [0, 0.05) is 22.0 Å². The van der Waals surface area contributed by atoms with Crippen molar-refractivity contribution in [1.82, 2.24) is 4.98 Å². The van der Waals surface area contributed by atoms with Crippen molar-refractivity contribution >= 4 is 10.9 Å². The standard InChI is InChI=1S/C19H22FN/c1-11-16-7-15(20)2-3-17(16)21-18(11)19-8-12-4-13(9-19)6-14(5-12)10-19/h2-3,7,12-14,21H,4-6,8-10H2,1H3. The van der Waals surface area contributed by atoms with E-state index in [4.69, 9.17) is 0 Å². The summed E-state index contributed by atoms with van der Waals surface area (Å²) in [5, 5.41) is 1.08. The monoisotopic (exact) mass is 283 g/mol. The Morgan fingerprint density at radius 3 is 2.29 bits per heavy atom. The van der Waals surface area contributed by atoms with E-state index in [1.165, 1.54) is 49.8 Å². The van der Waals surface area contributed by atoms with Crippen LogP contribution in [0.3, 0.4) is 0 Å². The molecule has 1 N–H and O–H groups in total. The minimum Gasteiger partial charge on any atom is -0.358 e. The third-order valence-corrected chi connectivity index (χ3v) is 6.59. The fraction of sp³-hybridized carbons (Fsp3) is 0.579. The Morgan fingerprint density at radius 1 is 1.05 bits per heavy atom. The molecule has 0 unspecified atom stereocenters. The Hall–Kier alpha value is -1.31. The highest BCUT2D eigenvalue weighted by atomic mass is 19.1. The number of halogens is 1. The van der Waals surface area contributed by atoms with Crippen LogP contribution >= 0.6 is 0 Å². The summed E-state index contributed by atoms with van der Waals surface area (Å²) in [5.41, 5.74) is 4.21. The molecule has 1 aromatic carbocycles. The molecule has 6 rings (SSSR count). The van der Waals surface area contributed by atoms with Gasteiger partial charge in [-0.05, 0) is 87.0 Å². The minimum atomic E-state index is -0.123. The van der Waals surface area contributed by atoms with Crippen molar-refractivity contribution in [1.29, 1.82) is 0 Å². The van der Waals surface area contributed by atoms with Crippen LogP contribution in [0.4, 0.5) is 4.39 Å². The van der Waals surface area contributed by atoms with E-state index in [0.29, 0.717) is 5.41 Å². The average Bonchev–Trinajstić information content (AvgIpc) is 2.75. The molecule has 2 aromatic rings. The van der Waals surface area contributed by atoms with Crippen LogP contribution in [0.2, 0.25) is 0 Å². The molecule has 21 heavy (non-hydrogen) atoms. The van der Waals surface area contributed by atoms with Crippen LogP contribution in [0.1, 0.15) is 49.8 Å². The second-order valence-electron chi connectivity index (χ2n) is 8.01. The summed E-state index contributed by atoms with van der Waals surface area (Å²) in [6.45, 7) is 2.19. The average molecular weight is 283 g/mol. The van der Waals surface area contributed by atoms with Gasteiger partial charge in [-0.2, -0.15) is 0 Å². The lowest BCUT2D eigenvalue weighted by atomic mass is 9.48. The first-order valence-corrected chi connectivity index (χ1v) is 8.41. The molecule has 4 aliphatic rings. The van der Waals surface area contributed by atoms with Crippen molar-refractivity contribution in [3.8, 4) is 0 Å². The molecule has 1 nitrogen and oxygen atoms in total. The van der Waals surface area contributed by atoms with E-state index >= 15 is 0 Å². The molecule has 0 spiro atoms. The van der Waals surface area contributed by atoms with E-state index in [2.05, 4.69) is 11.9 Å². The molecule has 4 saturated carbocycles. The molecule has 0 saturated heterocycles. The SMILES string of the molecule is Cc1c(C23CC4CC(CC(C4)C2)C3)[nH]c2ccc(F)cc12. The maximum atomic E-state index is 13.6. The third kappa shape index (κ3) is 1.62. The second kappa shape index (κ2) is 3.91. The smallest absolute Gasteiger partial charge is 0.123 e. The molecular formula is C19H22FN. The first-order chi connectivity index (χ1) is 10.1. The van der Waals surface area contributed by atoms with E-state index in [-0.39, 0.29) is 5.82 Å². The number of aromatic nitrogens is 1. The molecule has 0 amide bonds. The Kier molecular flexibility index (Phi) is 2.28. The second-order valence-corrected chi connectivity index (χ2v) is 8.01. The number of hydrogen-bond donors (Lipinski definition) is 1. The quantitative estimate of drug-likeness (QED) is 0.751. The zero-order valence-electron chi connectivity index (χ0n) is 12.6.